The van der Waals surface area contributed by atoms with Gasteiger partial charge in [-0.2, -0.15) is 5.10 Å². The van der Waals surface area contributed by atoms with E-state index < -0.39 is 17.7 Å². The van der Waals surface area contributed by atoms with E-state index in [2.05, 4.69) is 21.0 Å². The molecule has 0 saturated carbocycles. The fourth-order valence-electron chi connectivity index (χ4n) is 4.39. The number of fused-ring (bicyclic) bond motifs is 5. The summed E-state index contributed by atoms with van der Waals surface area (Å²) in [5, 5.41) is 4.65. The summed E-state index contributed by atoms with van der Waals surface area (Å²) in [5.41, 5.74) is 0.295. The highest BCUT2D eigenvalue weighted by Gasteiger charge is 2.63. The number of hydrogen-bond donors (Lipinski definition) is 0. The van der Waals surface area contributed by atoms with Gasteiger partial charge in [-0.3, -0.25) is 14.3 Å². The minimum Gasteiger partial charge on any atom is -0.373 e. The first-order chi connectivity index (χ1) is 13.0. The fourth-order valence-corrected chi connectivity index (χ4v) is 5.10. The van der Waals surface area contributed by atoms with E-state index in [1.54, 1.807) is 12.3 Å². The molecule has 2 amide bonds. The van der Waals surface area contributed by atoms with Gasteiger partial charge in [-0.25, -0.2) is 9.29 Å². The molecule has 4 atom stereocenters. The lowest BCUT2D eigenvalue weighted by molar-refractivity contribution is -0.124. The molecule has 0 unspecified atom stereocenters. The summed E-state index contributed by atoms with van der Waals surface area (Å²) in [6.07, 6.45) is 2.86. The zero-order chi connectivity index (χ0) is 18.9. The molecular weight excluding hydrogens is 441 g/mol. The summed E-state index contributed by atoms with van der Waals surface area (Å²) in [4.78, 5) is 26.9. The second-order valence-corrected chi connectivity index (χ2v) is 8.31. The number of rotatable bonds is 3. The molecule has 9 heteroatoms. The van der Waals surface area contributed by atoms with Crippen molar-refractivity contribution in [3.05, 3.63) is 45.3 Å². The standard InChI is InChI=1S/C18H14BrClFN3O3/c19-9-7-23(6-8-10(20)2-1-3-11(8)21)22-16(9)24-17(25)14-12-4-5-13(27-12)15(14)18(24)26/h1-3,7,12-15H,4-6H2/t12-,13-,14-,15-/m1/s1. The Morgan fingerprint density at radius 2 is 1.89 bits per heavy atom. The maximum Gasteiger partial charge on any atom is 0.241 e. The molecule has 3 aliphatic rings. The van der Waals surface area contributed by atoms with Crippen LogP contribution in [0.3, 0.4) is 0 Å². The van der Waals surface area contributed by atoms with Gasteiger partial charge in [0.05, 0.1) is 35.1 Å². The summed E-state index contributed by atoms with van der Waals surface area (Å²) in [6.45, 7) is 0.0849. The number of carbonyl (C=O) groups excluding carboxylic acids is 2. The third-order valence-corrected chi connectivity index (χ3v) is 6.49. The fraction of sp³-hybridized carbons (Fsp3) is 0.389. The minimum absolute atomic E-state index is 0.0849. The maximum absolute atomic E-state index is 14.0. The summed E-state index contributed by atoms with van der Waals surface area (Å²) in [5.74, 6) is -1.60. The number of hydrogen-bond acceptors (Lipinski definition) is 4. The maximum atomic E-state index is 14.0. The Bertz CT molecular complexity index is 933. The number of imide groups is 1. The van der Waals surface area contributed by atoms with Crippen molar-refractivity contribution in [3.8, 4) is 0 Å². The van der Waals surface area contributed by atoms with E-state index in [0.717, 1.165) is 17.7 Å². The van der Waals surface area contributed by atoms with Crippen LogP contribution in [-0.4, -0.2) is 33.8 Å². The van der Waals surface area contributed by atoms with Gasteiger partial charge in [-0.1, -0.05) is 17.7 Å². The molecule has 1 aromatic carbocycles. The monoisotopic (exact) mass is 453 g/mol. The summed E-state index contributed by atoms with van der Waals surface area (Å²) >= 11 is 9.45. The third kappa shape index (κ3) is 2.50. The first kappa shape index (κ1) is 17.3. The normalized spacial score (nSPS) is 29.1. The number of amides is 2. The predicted octanol–water partition coefficient (Wildman–Crippen LogP) is 3.15. The molecule has 0 N–H and O–H groups in total. The molecule has 140 valence electrons. The molecular formula is C18H14BrClFN3O3. The molecule has 2 bridgehead atoms. The first-order valence-electron chi connectivity index (χ1n) is 8.65. The number of anilines is 1. The van der Waals surface area contributed by atoms with Gasteiger partial charge in [0.25, 0.3) is 0 Å². The largest absolute Gasteiger partial charge is 0.373 e. The molecule has 6 nitrogen and oxygen atoms in total. The third-order valence-electron chi connectivity index (χ3n) is 5.58. The second kappa shape index (κ2) is 6.12. The number of ether oxygens (including phenoxy) is 1. The van der Waals surface area contributed by atoms with Crippen molar-refractivity contribution in [3.63, 3.8) is 0 Å². The Morgan fingerprint density at radius 3 is 2.52 bits per heavy atom. The molecule has 3 aliphatic heterocycles. The number of carbonyl (C=O) groups is 2. The average molecular weight is 455 g/mol. The molecule has 5 rings (SSSR count). The molecule has 3 fully saturated rings. The van der Waals surface area contributed by atoms with Gasteiger partial charge in [0.1, 0.15) is 5.82 Å². The lowest BCUT2D eigenvalue weighted by atomic mass is 9.81. The number of benzene rings is 1. The summed E-state index contributed by atoms with van der Waals surface area (Å²) < 4.78 is 21.7. The van der Waals surface area contributed by atoms with Gasteiger partial charge in [-0.15, -0.1) is 0 Å². The van der Waals surface area contributed by atoms with Crippen LogP contribution in [-0.2, 0) is 20.9 Å². The van der Waals surface area contributed by atoms with Crippen LogP contribution < -0.4 is 4.90 Å². The van der Waals surface area contributed by atoms with Gasteiger partial charge in [0, 0.05) is 16.8 Å². The molecule has 0 aliphatic carbocycles. The van der Waals surface area contributed by atoms with Crippen molar-refractivity contribution in [2.24, 2.45) is 11.8 Å². The van der Waals surface area contributed by atoms with E-state index in [-0.39, 0.29) is 36.4 Å². The Kier molecular flexibility index (Phi) is 3.93. The van der Waals surface area contributed by atoms with Crippen molar-refractivity contribution < 1.29 is 18.7 Å². The van der Waals surface area contributed by atoms with Crippen molar-refractivity contribution >= 4 is 45.2 Å². The molecule has 1 aromatic heterocycles. The van der Waals surface area contributed by atoms with Crippen LogP contribution in [0.5, 0.6) is 0 Å². The van der Waals surface area contributed by atoms with Gasteiger partial charge in [0.2, 0.25) is 11.8 Å². The van der Waals surface area contributed by atoms with Crippen molar-refractivity contribution in [1.82, 2.24) is 9.78 Å². The van der Waals surface area contributed by atoms with Gasteiger partial charge in [-0.05, 0) is 40.9 Å². The average Bonchev–Trinajstić information content (AvgIpc) is 3.36. The van der Waals surface area contributed by atoms with Crippen LogP contribution in [0, 0.1) is 17.7 Å². The van der Waals surface area contributed by atoms with Crippen molar-refractivity contribution in [2.45, 2.75) is 31.6 Å². The second-order valence-electron chi connectivity index (χ2n) is 7.05. The quantitative estimate of drug-likeness (QED) is 0.669. The van der Waals surface area contributed by atoms with E-state index in [0.29, 0.717) is 15.1 Å². The van der Waals surface area contributed by atoms with Crippen LogP contribution >= 0.6 is 27.5 Å². The van der Waals surface area contributed by atoms with Crippen LogP contribution in [0.4, 0.5) is 10.2 Å². The smallest absolute Gasteiger partial charge is 0.241 e. The van der Waals surface area contributed by atoms with Crippen molar-refractivity contribution in [2.75, 3.05) is 4.90 Å². The number of aromatic nitrogens is 2. The Hall–Kier alpha value is -1.77. The molecule has 3 saturated heterocycles. The SMILES string of the molecule is O=C1[C@H]2[C@H](C(=O)N1c1nn(Cc3c(F)cccc3Cl)cc1Br)[C@H]1CC[C@H]2O1. The summed E-state index contributed by atoms with van der Waals surface area (Å²) in [6, 6.07) is 4.46. The molecule has 27 heavy (non-hydrogen) atoms. The summed E-state index contributed by atoms with van der Waals surface area (Å²) in [7, 11) is 0. The zero-order valence-corrected chi connectivity index (χ0v) is 16.3. The zero-order valence-electron chi connectivity index (χ0n) is 13.9. The number of halogens is 3. The molecule has 4 heterocycles. The molecule has 2 aromatic rings. The van der Waals surface area contributed by atoms with Crippen LogP contribution in [0.25, 0.3) is 0 Å². The topological polar surface area (TPSA) is 64.4 Å². The van der Waals surface area contributed by atoms with E-state index in [9.17, 15) is 14.0 Å². The van der Waals surface area contributed by atoms with Crippen molar-refractivity contribution in [1.29, 1.82) is 0 Å². The predicted molar refractivity (Wildman–Crippen MR) is 97.8 cm³/mol. The van der Waals surface area contributed by atoms with E-state index in [1.165, 1.54) is 16.8 Å². The highest BCUT2D eigenvalue weighted by atomic mass is 79.9. The van der Waals surface area contributed by atoms with Crippen LogP contribution in [0.1, 0.15) is 18.4 Å². The lowest BCUT2D eigenvalue weighted by Crippen LogP contribution is -2.34. The Morgan fingerprint density at radius 1 is 1.22 bits per heavy atom. The minimum atomic E-state index is -0.438. The number of nitrogens with zero attached hydrogens (tertiary/aromatic N) is 3. The van der Waals surface area contributed by atoms with Crippen LogP contribution in [0.2, 0.25) is 5.02 Å². The van der Waals surface area contributed by atoms with E-state index in [4.69, 9.17) is 16.3 Å². The van der Waals surface area contributed by atoms with Crippen LogP contribution in [0.15, 0.2) is 28.9 Å². The first-order valence-corrected chi connectivity index (χ1v) is 9.82. The molecule has 0 spiro atoms. The molecule has 0 radical (unpaired) electrons. The lowest BCUT2D eigenvalue weighted by Gasteiger charge is -2.15. The Labute approximate surface area is 167 Å². The van der Waals surface area contributed by atoms with Gasteiger partial charge in [0.15, 0.2) is 5.82 Å². The highest BCUT2D eigenvalue weighted by Crippen LogP contribution is 2.49. The van der Waals surface area contributed by atoms with Gasteiger partial charge < -0.3 is 4.74 Å². The highest BCUT2D eigenvalue weighted by molar-refractivity contribution is 9.10. The van der Waals surface area contributed by atoms with E-state index >= 15 is 0 Å². The van der Waals surface area contributed by atoms with E-state index in [1.807, 2.05) is 0 Å². The van der Waals surface area contributed by atoms with Gasteiger partial charge >= 0.3 is 0 Å². The Balaban J connectivity index is 1.47.